The molecule has 0 radical (unpaired) electrons. The lowest BCUT2D eigenvalue weighted by molar-refractivity contribution is 0.660. The Morgan fingerprint density at radius 3 is 1.25 bits per heavy atom. The van der Waals surface area contributed by atoms with Crippen molar-refractivity contribution in [2.75, 3.05) is 0 Å². The van der Waals surface area contributed by atoms with Gasteiger partial charge in [-0.15, -0.1) is 0 Å². The number of aromatic nitrogens is 2. The van der Waals surface area contributed by atoms with E-state index >= 15 is 0 Å². The maximum absolute atomic E-state index is 2.49. The van der Waals surface area contributed by atoms with Gasteiger partial charge < -0.3 is 9.13 Å². The summed E-state index contributed by atoms with van der Waals surface area (Å²) in [5.41, 5.74) is 19.8. The maximum Gasteiger partial charge on any atom is 0.0547 e. The highest BCUT2D eigenvalue weighted by atomic mass is 15.0. The third-order valence-electron chi connectivity index (χ3n) is 14.9. The van der Waals surface area contributed by atoms with Crippen LogP contribution < -0.4 is 0 Å². The zero-order valence-corrected chi connectivity index (χ0v) is 37.3. The molecule has 0 saturated carbocycles. The second-order valence-electron chi connectivity index (χ2n) is 18.8. The smallest absolute Gasteiger partial charge is 0.0547 e. The van der Waals surface area contributed by atoms with Gasteiger partial charge in [0.2, 0.25) is 0 Å². The van der Waals surface area contributed by atoms with E-state index in [1.54, 1.807) is 0 Å². The second kappa shape index (κ2) is 14.3. The van der Waals surface area contributed by atoms with Crippen molar-refractivity contribution in [2.24, 2.45) is 0 Å². The SMILES string of the molecule is CC1(C)c2ccccc2-c2c(-c3c4cccc(-c5ccc6c7ccccc7n(-c7ccccc7)c6c5)c4cc4c(-c5ccc6c7ccccc7n(-c7ccccc7)c6c5)cccc34)cccc21. The molecule has 67 heavy (non-hydrogen) atoms. The fourth-order valence-electron chi connectivity index (χ4n) is 11.9. The third-order valence-corrected chi connectivity index (χ3v) is 14.9. The molecule has 0 amide bonds. The first-order valence-corrected chi connectivity index (χ1v) is 23.4. The number of rotatable bonds is 5. The molecule has 11 aromatic carbocycles. The first-order chi connectivity index (χ1) is 33.0. The van der Waals surface area contributed by atoms with Gasteiger partial charge in [-0.1, -0.05) is 190 Å². The summed E-state index contributed by atoms with van der Waals surface area (Å²) in [4.78, 5) is 0. The van der Waals surface area contributed by atoms with E-state index in [0.29, 0.717) is 0 Å². The second-order valence-corrected chi connectivity index (χ2v) is 18.8. The van der Waals surface area contributed by atoms with Gasteiger partial charge >= 0.3 is 0 Å². The van der Waals surface area contributed by atoms with Gasteiger partial charge in [0.05, 0.1) is 22.1 Å². The molecule has 0 saturated heterocycles. The van der Waals surface area contributed by atoms with Crippen LogP contribution in [0.2, 0.25) is 0 Å². The van der Waals surface area contributed by atoms with Gasteiger partial charge in [-0.3, -0.25) is 0 Å². The molecule has 1 aliphatic carbocycles. The standard InChI is InChI=1S/C65H44N2/c1-65(2)57-30-12-9-24-53(57)64-54(29-17-31-58(64)65)63-51-27-15-25-45(41-34-36-49-47-22-10-13-32-59(47)66(61(49)38-41)43-18-5-3-6-19-43)55(51)40-56-46(26-16-28-52(56)63)42-35-37-50-48-23-11-14-33-60(48)67(62(50)39-42)44-20-7-4-8-21-44/h3-40H,1-2H3. The molecule has 0 aliphatic heterocycles. The van der Waals surface area contributed by atoms with E-state index in [0.717, 1.165) is 11.4 Å². The van der Waals surface area contributed by atoms with E-state index in [9.17, 15) is 0 Å². The van der Waals surface area contributed by atoms with E-state index in [-0.39, 0.29) is 5.41 Å². The van der Waals surface area contributed by atoms with Crippen molar-refractivity contribution in [3.63, 3.8) is 0 Å². The minimum absolute atomic E-state index is 0.127. The van der Waals surface area contributed by atoms with Gasteiger partial charge in [0.1, 0.15) is 0 Å². The summed E-state index contributed by atoms with van der Waals surface area (Å²) in [6, 6.07) is 85.8. The van der Waals surface area contributed by atoms with Crippen LogP contribution in [0.3, 0.4) is 0 Å². The molecule has 2 aromatic heterocycles. The summed E-state index contributed by atoms with van der Waals surface area (Å²) in [7, 11) is 0. The Hall–Kier alpha value is -8.46. The van der Waals surface area contributed by atoms with Gasteiger partial charge in [-0.2, -0.15) is 0 Å². The molecule has 0 atom stereocenters. The fraction of sp³-hybridized carbons (Fsp3) is 0.0462. The van der Waals surface area contributed by atoms with Crippen LogP contribution in [0.25, 0.3) is 121 Å². The molecule has 2 heterocycles. The molecule has 0 N–H and O–H groups in total. The molecular formula is C65H44N2. The monoisotopic (exact) mass is 852 g/mol. The van der Waals surface area contributed by atoms with E-state index in [1.807, 2.05) is 0 Å². The largest absolute Gasteiger partial charge is 0.309 e. The first kappa shape index (κ1) is 37.9. The predicted molar refractivity (Wildman–Crippen MR) is 284 cm³/mol. The summed E-state index contributed by atoms with van der Waals surface area (Å²) >= 11 is 0. The van der Waals surface area contributed by atoms with E-state index in [2.05, 4.69) is 254 Å². The molecular weight excluding hydrogens is 809 g/mol. The van der Waals surface area contributed by atoms with Gasteiger partial charge in [0, 0.05) is 38.3 Å². The summed E-state index contributed by atoms with van der Waals surface area (Å²) in [5, 5.41) is 10.00. The van der Waals surface area contributed by atoms with Crippen LogP contribution in [0.15, 0.2) is 231 Å². The highest BCUT2D eigenvalue weighted by molar-refractivity contribution is 6.21. The highest BCUT2D eigenvalue weighted by Crippen LogP contribution is 2.54. The number of nitrogens with zero attached hydrogens (tertiary/aromatic N) is 2. The normalized spacial score (nSPS) is 13.0. The third kappa shape index (κ3) is 5.45. The zero-order valence-electron chi connectivity index (χ0n) is 37.3. The van der Waals surface area contributed by atoms with Crippen molar-refractivity contribution in [1.29, 1.82) is 0 Å². The van der Waals surface area contributed by atoms with Gasteiger partial charge in [-0.05, 0) is 132 Å². The first-order valence-electron chi connectivity index (χ1n) is 23.4. The predicted octanol–water partition coefficient (Wildman–Crippen LogP) is 17.5. The Balaban J connectivity index is 1.08. The van der Waals surface area contributed by atoms with Crippen molar-refractivity contribution >= 4 is 65.2 Å². The zero-order chi connectivity index (χ0) is 44.4. The molecule has 314 valence electrons. The number of para-hydroxylation sites is 4. The van der Waals surface area contributed by atoms with Crippen molar-refractivity contribution in [2.45, 2.75) is 19.3 Å². The van der Waals surface area contributed by atoms with Crippen molar-refractivity contribution in [1.82, 2.24) is 9.13 Å². The summed E-state index contributed by atoms with van der Waals surface area (Å²) in [5.74, 6) is 0. The molecule has 0 spiro atoms. The quantitative estimate of drug-likeness (QED) is 0.153. The number of hydrogen-bond acceptors (Lipinski definition) is 0. The molecule has 13 aromatic rings. The number of fused-ring (bicyclic) bond motifs is 11. The van der Waals surface area contributed by atoms with Crippen LogP contribution in [0, 0.1) is 0 Å². The summed E-state index contributed by atoms with van der Waals surface area (Å²) in [6.45, 7) is 4.77. The Morgan fingerprint density at radius 2 is 0.687 bits per heavy atom. The minimum Gasteiger partial charge on any atom is -0.309 e. The number of benzene rings is 11. The van der Waals surface area contributed by atoms with E-state index in [1.165, 1.54) is 121 Å². The fourth-order valence-corrected chi connectivity index (χ4v) is 11.9. The molecule has 14 rings (SSSR count). The maximum atomic E-state index is 2.49. The minimum atomic E-state index is -0.127. The van der Waals surface area contributed by atoms with Gasteiger partial charge in [0.15, 0.2) is 0 Å². The molecule has 2 heteroatoms. The van der Waals surface area contributed by atoms with Crippen LogP contribution in [-0.4, -0.2) is 9.13 Å². The lowest BCUT2D eigenvalue weighted by Crippen LogP contribution is -2.14. The van der Waals surface area contributed by atoms with Gasteiger partial charge in [0.25, 0.3) is 0 Å². The average molecular weight is 853 g/mol. The topological polar surface area (TPSA) is 9.86 Å². The van der Waals surface area contributed by atoms with Crippen LogP contribution >= 0.6 is 0 Å². The summed E-state index contributed by atoms with van der Waals surface area (Å²) < 4.78 is 4.85. The van der Waals surface area contributed by atoms with Crippen LogP contribution in [0.4, 0.5) is 0 Å². The Morgan fingerprint density at radius 1 is 0.269 bits per heavy atom. The lowest BCUT2D eigenvalue weighted by Gasteiger charge is -2.22. The Bertz CT molecular complexity index is 3950. The van der Waals surface area contributed by atoms with Gasteiger partial charge in [-0.25, -0.2) is 0 Å². The van der Waals surface area contributed by atoms with Crippen LogP contribution in [0.5, 0.6) is 0 Å². The van der Waals surface area contributed by atoms with Crippen molar-refractivity contribution in [3.05, 3.63) is 242 Å². The molecule has 0 unspecified atom stereocenters. The number of hydrogen-bond donors (Lipinski definition) is 0. The Labute approximate surface area is 389 Å². The average Bonchev–Trinajstić information content (AvgIpc) is 3.98. The lowest BCUT2D eigenvalue weighted by atomic mass is 9.81. The Kier molecular flexibility index (Phi) is 8.06. The molecule has 1 aliphatic rings. The van der Waals surface area contributed by atoms with Crippen LogP contribution in [-0.2, 0) is 5.41 Å². The highest BCUT2D eigenvalue weighted by Gasteiger charge is 2.37. The molecule has 0 bridgehead atoms. The van der Waals surface area contributed by atoms with Crippen molar-refractivity contribution < 1.29 is 0 Å². The molecule has 2 nitrogen and oxygen atoms in total. The van der Waals surface area contributed by atoms with Crippen molar-refractivity contribution in [3.8, 4) is 55.9 Å². The van der Waals surface area contributed by atoms with E-state index in [4.69, 9.17) is 0 Å². The summed E-state index contributed by atoms with van der Waals surface area (Å²) in [6.07, 6.45) is 0. The van der Waals surface area contributed by atoms with E-state index < -0.39 is 0 Å². The van der Waals surface area contributed by atoms with Crippen LogP contribution in [0.1, 0.15) is 25.0 Å². The molecule has 0 fully saturated rings.